The highest BCUT2D eigenvalue weighted by molar-refractivity contribution is 6.20. The molecule has 0 saturated heterocycles. The summed E-state index contributed by atoms with van der Waals surface area (Å²) in [5.74, 6) is 2.67. The fourth-order valence-corrected chi connectivity index (χ4v) is 2.73. The Bertz CT molecular complexity index is 587. The van der Waals surface area contributed by atoms with E-state index in [0.717, 1.165) is 35.1 Å². The van der Waals surface area contributed by atoms with E-state index in [2.05, 4.69) is 15.6 Å². The van der Waals surface area contributed by atoms with Gasteiger partial charge in [-0.05, 0) is 31.4 Å². The first-order chi connectivity index (χ1) is 9.20. The molecule has 3 nitrogen and oxygen atoms in total. The van der Waals surface area contributed by atoms with Crippen LogP contribution in [0.3, 0.4) is 0 Å². The quantitative estimate of drug-likeness (QED) is 0.769. The van der Waals surface area contributed by atoms with Gasteiger partial charge in [0.15, 0.2) is 0 Å². The molecule has 1 heterocycles. The summed E-state index contributed by atoms with van der Waals surface area (Å²) in [6.45, 7) is 2.98. The van der Waals surface area contributed by atoms with Crippen molar-refractivity contribution in [2.45, 2.75) is 38.1 Å². The molecule has 2 aromatic rings. The molecule has 0 amide bonds. The van der Waals surface area contributed by atoms with Gasteiger partial charge < -0.3 is 9.30 Å². The molecular formula is C15H19ClN2O. The largest absolute Gasteiger partial charge is 0.494 e. The third kappa shape index (κ3) is 2.44. The normalized spacial score (nSPS) is 16.8. The number of nitrogens with zero attached hydrogens (tertiary/aromatic N) is 2. The molecule has 1 saturated carbocycles. The van der Waals surface area contributed by atoms with Crippen molar-refractivity contribution < 1.29 is 4.74 Å². The molecule has 1 fully saturated rings. The van der Waals surface area contributed by atoms with Crippen molar-refractivity contribution >= 4 is 22.6 Å². The van der Waals surface area contributed by atoms with E-state index in [4.69, 9.17) is 16.3 Å². The number of methoxy groups -OCH3 is 1. The Morgan fingerprint density at radius 3 is 2.89 bits per heavy atom. The van der Waals surface area contributed by atoms with Crippen molar-refractivity contribution in [3.05, 3.63) is 24.0 Å². The number of halogens is 1. The zero-order valence-corrected chi connectivity index (χ0v) is 12.2. The molecule has 1 aliphatic rings. The molecule has 1 atom stereocenters. The number of alkyl halides is 1. The van der Waals surface area contributed by atoms with Crippen LogP contribution in [0.1, 0.15) is 37.4 Å². The lowest BCUT2D eigenvalue weighted by molar-refractivity contribution is 0.419. The van der Waals surface area contributed by atoms with Crippen LogP contribution >= 0.6 is 11.6 Å². The minimum Gasteiger partial charge on any atom is -0.494 e. The minimum absolute atomic E-state index is 0.0868. The third-order valence-electron chi connectivity index (χ3n) is 3.80. The van der Waals surface area contributed by atoms with Gasteiger partial charge in [0, 0.05) is 6.54 Å². The molecule has 0 bridgehead atoms. The number of benzene rings is 1. The summed E-state index contributed by atoms with van der Waals surface area (Å²) in [7, 11) is 1.68. The van der Waals surface area contributed by atoms with Crippen molar-refractivity contribution in [1.82, 2.24) is 9.55 Å². The van der Waals surface area contributed by atoms with Crippen LogP contribution in [0.4, 0.5) is 0 Å². The summed E-state index contributed by atoms with van der Waals surface area (Å²) >= 11 is 6.28. The highest BCUT2D eigenvalue weighted by Crippen LogP contribution is 2.35. The maximum atomic E-state index is 6.28. The average Bonchev–Trinajstić information content (AvgIpc) is 3.15. The maximum absolute atomic E-state index is 6.28. The number of ether oxygens (including phenoxy) is 1. The Hall–Kier alpha value is -1.22. The summed E-state index contributed by atoms with van der Waals surface area (Å²) < 4.78 is 7.65. The summed E-state index contributed by atoms with van der Waals surface area (Å²) in [5.41, 5.74) is 2.05. The third-order valence-corrected chi connectivity index (χ3v) is 4.00. The maximum Gasteiger partial charge on any atom is 0.146 e. The first-order valence-corrected chi connectivity index (χ1v) is 7.31. The fourth-order valence-electron chi connectivity index (χ4n) is 2.56. The molecular weight excluding hydrogens is 260 g/mol. The number of hydrogen-bond donors (Lipinski definition) is 0. The van der Waals surface area contributed by atoms with Gasteiger partial charge in [-0.15, -0.1) is 11.6 Å². The van der Waals surface area contributed by atoms with Gasteiger partial charge in [-0.25, -0.2) is 4.98 Å². The molecule has 0 spiro atoms. The van der Waals surface area contributed by atoms with Gasteiger partial charge in [0.05, 0.1) is 18.0 Å². The summed E-state index contributed by atoms with van der Waals surface area (Å²) in [6.07, 6.45) is 3.97. The SMILES string of the molecule is COc1cccc2c1nc(C(C)Cl)n2CCC1CC1. The van der Waals surface area contributed by atoms with E-state index in [9.17, 15) is 0 Å². The van der Waals surface area contributed by atoms with Crippen molar-refractivity contribution in [3.63, 3.8) is 0 Å². The number of aryl methyl sites for hydroxylation is 1. The van der Waals surface area contributed by atoms with Gasteiger partial charge >= 0.3 is 0 Å². The standard InChI is InChI=1S/C15H19ClN2O/c1-10(16)15-17-14-12(4-3-5-13(14)19-2)18(15)9-8-11-6-7-11/h3-5,10-11H,6-9H2,1-2H3. The van der Waals surface area contributed by atoms with Gasteiger partial charge in [-0.2, -0.15) is 0 Å². The zero-order valence-electron chi connectivity index (χ0n) is 11.4. The lowest BCUT2D eigenvalue weighted by Crippen LogP contribution is -2.05. The molecule has 1 aromatic heterocycles. The van der Waals surface area contributed by atoms with Crippen LogP contribution < -0.4 is 4.74 Å². The molecule has 102 valence electrons. The molecule has 3 rings (SSSR count). The Labute approximate surface area is 118 Å². The van der Waals surface area contributed by atoms with Crippen molar-refractivity contribution in [3.8, 4) is 5.75 Å². The average molecular weight is 279 g/mol. The fraction of sp³-hybridized carbons (Fsp3) is 0.533. The molecule has 1 aliphatic carbocycles. The molecule has 19 heavy (non-hydrogen) atoms. The van der Waals surface area contributed by atoms with Crippen molar-refractivity contribution in [2.24, 2.45) is 5.92 Å². The first-order valence-electron chi connectivity index (χ1n) is 6.88. The second kappa shape index (κ2) is 5.04. The van der Waals surface area contributed by atoms with Crippen LogP contribution in [0.15, 0.2) is 18.2 Å². The van der Waals surface area contributed by atoms with E-state index in [1.807, 2.05) is 19.1 Å². The van der Waals surface area contributed by atoms with E-state index in [1.54, 1.807) is 7.11 Å². The van der Waals surface area contributed by atoms with E-state index in [1.165, 1.54) is 19.3 Å². The molecule has 4 heteroatoms. The lowest BCUT2D eigenvalue weighted by Gasteiger charge is -2.10. The number of rotatable bonds is 5. The molecule has 0 radical (unpaired) electrons. The summed E-state index contributed by atoms with van der Waals surface area (Å²) in [4.78, 5) is 4.69. The molecule has 0 aliphatic heterocycles. The highest BCUT2D eigenvalue weighted by Gasteiger charge is 2.23. The van der Waals surface area contributed by atoms with E-state index >= 15 is 0 Å². The summed E-state index contributed by atoms with van der Waals surface area (Å²) in [6, 6.07) is 6.06. The van der Waals surface area contributed by atoms with Crippen molar-refractivity contribution in [2.75, 3.05) is 7.11 Å². The van der Waals surface area contributed by atoms with E-state index in [-0.39, 0.29) is 5.38 Å². The first kappa shape index (κ1) is 12.8. The molecule has 1 unspecified atom stereocenters. The second-order valence-corrected chi connectivity index (χ2v) is 5.95. The number of hydrogen-bond acceptors (Lipinski definition) is 2. The summed E-state index contributed by atoms with van der Waals surface area (Å²) in [5, 5.41) is -0.0868. The van der Waals surface area contributed by atoms with Crippen LogP contribution in [0, 0.1) is 5.92 Å². The van der Waals surface area contributed by atoms with Crippen LogP contribution in [0.2, 0.25) is 0 Å². The van der Waals surface area contributed by atoms with E-state index < -0.39 is 0 Å². The van der Waals surface area contributed by atoms with Gasteiger partial charge in [-0.3, -0.25) is 0 Å². The topological polar surface area (TPSA) is 27.1 Å². The number of fused-ring (bicyclic) bond motifs is 1. The zero-order chi connectivity index (χ0) is 13.4. The van der Waals surface area contributed by atoms with Gasteiger partial charge in [0.2, 0.25) is 0 Å². The van der Waals surface area contributed by atoms with Crippen LogP contribution in [0.5, 0.6) is 5.75 Å². The molecule has 1 aromatic carbocycles. The number of aromatic nitrogens is 2. The predicted molar refractivity (Wildman–Crippen MR) is 77.9 cm³/mol. The second-order valence-electron chi connectivity index (χ2n) is 5.30. The minimum atomic E-state index is -0.0868. The van der Waals surface area contributed by atoms with Gasteiger partial charge in [0.25, 0.3) is 0 Å². The smallest absolute Gasteiger partial charge is 0.146 e. The molecule has 0 N–H and O–H groups in total. The predicted octanol–water partition coefficient (Wildman–Crippen LogP) is 4.14. The Morgan fingerprint density at radius 2 is 2.26 bits per heavy atom. The number of para-hydroxylation sites is 1. The van der Waals surface area contributed by atoms with Crippen molar-refractivity contribution in [1.29, 1.82) is 0 Å². The van der Waals surface area contributed by atoms with Gasteiger partial charge in [-0.1, -0.05) is 18.9 Å². The van der Waals surface area contributed by atoms with Crippen LogP contribution in [-0.2, 0) is 6.54 Å². The van der Waals surface area contributed by atoms with Gasteiger partial charge in [0.1, 0.15) is 17.1 Å². The Morgan fingerprint density at radius 1 is 1.47 bits per heavy atom. The lowest BCUT2D eigenvalue weighted by atomic mass is 10.2. The van der Waals surface area contributed by atoms with Crippen LogP contribution in [0.25, 0.3) is 11.0 Å². The highest BCUT2D eigenvalue weighted by atomic mass is 35.5. The monoisotopic (exact) mass is 278 g/mol. The Balaban J connectivity index is 2.06. The Kier molecular flexibility index (Phi) is 3.40. The van der Waals surface area contributed by atoms with E-state index in [0.29, 0.717) is 0 Å². The number of imidazole rings is 1. The van der Waals surface area contributed by atoms with Crippen LogP contribution in [-0.4, -0.2) is 16.7 Å².